The van der Waals surface area contributed by atoms with Crippen LogP contribution in [0.4, 0.5) is 4.39 Å². The predicted octanol–water partition coefficient (Wildman–Crippen LogP) is 3.01. The van der Waals surface area contributed by atoms with Crippen LogP contribution in [0.2, 0.25) is 0 Å². The zero-order valence-corrected chi connectivity index (χ0v) is 14.3. The van der Waals surface area contributed by atoms with Crippen LogP contribution in [0.3, 0.4) is 0 Å². The van der Waals surface area contributed by atoms with Gasteiger partial charge in [0.25, 0.3) is 5.91 Å². The van der Waals surface area contributed by atoms with Gasteiger partial charge < -0.3 is 21.2 Å². The average Bonchev–Trinajstić information content (AvgIpc) is 2.63. The van der Waals surface area contributed by atoms with E-state index < -0.39 is 0 Å². The average molecular weight is 347 g/mol. The highest BCUT2D eigenvalue weighted by Crippen LogP contribution is 2.30. The Hall–Kier alpha value is -2.37. The number of rotatable bonds is 8. The van der Waals surface area contributed by atoms with E-state index >= 15 is 0 Å². The Kier molecular flexibility index (Phi) is 7.44. The van der Waals surface area contributed by atoms with Crippen molar-refractivity contribution in [2.75, 3.05) is 13.2 Å². The molecular formula is C19H26FN3O2. The van der Waals surface area contributed by atoms with E-state index in [1.807, 2.05) is 0 Å². The number of nitrogens with one attached hydrogen (secondary N) is 2. The Morgan fingerprint density at radius 3 is 2.60 bits per heavy atom. The number of hydrogen-bond acceptors (Lipinski definition) is 4. The fraction of sp³-hybridized carbons (Fsp3) is 0.474. The monoisotopic (exact) mass is 347 g/mol. The van der Waals surface area contributed by atoms with Crippen molar-refractivity contribution in [3.05, 3.63) is 41.9 Å². The molecule has 25 heavy (non-hydrogen) atoms. The van der Waals surface area contributed by atoms with Crippen LogP contribution < -0.4 is 15.8 Å². The highest BCUT2D eigenvalue weighted by atomic mass is 19.1. The minimum atomic E-state index is -0.322. The van der Waals surface area contributed by atoms with Gasteiger partial charge >= 0.3 is 0 Å². The number of para-hydroxylation sites is 1. The van der Waals surface area contributed by atoms with Gasteiger partial charge in [0.15, 0.2) is 11.6 Å². The summed E-state index contributed by atoms with van der Waals surface area (Å²) in [6, 6.07) is 6.46. The van der Waals surface area contributed by atoms with Crippen LogP contribution in [0.1, 0.15) is 32.1 Å². The van der Waals surface area contributed by atoms with Gasteiger partial charge in [-0.25, -0.2) is 4.39 Å². The third-order valence-electron chi connectivity index (χ3n) is 4.74. The molecule has 5 nitrogen and oxygen atoms in total. The molecule has 0 radical (unpaired) electrons. The summed E-state index contributed by atoms with van der Waals surface area (Å²) in [6.45, 7) is 1.14. The van der Waals surface area contributed by atoms with Crippen molar-refractivity contribution in [1.29, 1.82) is 5.41 Å². The summed E-state index contributed by atoms with van der Waals surface area (Å²) in [5.41, 5.74) is 5.48. The Morgan fingerprint density at radius 2 is 1.96 bits per heavy atom. The van der Waals surface area contributed by atoms with Crippen molar-refractivity contribution < 1.29 is 13.9 Å². The summed E-state index contributed by atoms with van der Waals surface area (Å²) in [7, 11) is 0. The molecule has 2 rings (SSSR count). The van der Waals surface area contributed by atoms with Crippen molar-refractivity contribution >= 4 is 12.1 Å². The lowest BCUT2D eigenvalue weighted by atomic mass is 9.80. The van der Waals surface area contributed by atoms with Crippen molar-refractivity contribution in [3.63, 3.8) is 0 Å². The third-order valence-corrected chi connectivity index (χ3v) is 4.74. The Labute approximate surface area is 147 Å². The molecule has 1 aliphatic rings. The van der Waals surface area contributed by atoms with E-state index in [9.17, 15) is 9.18 Å². The highest BCUT2D eigenvalue weighted by Gasteiger charge is 2.22. The fourth-order valence-corrected chi connectivity index (χ4v) is 3.15. The first-order chi connectivity index (χ1) is 12.1. The normalized spacial score (nSPS) is 20.8. The zero-order valence-electron chi connectivity index (χ0n) is 14.3. The van der Waals surface area contributed by atoms with Crippen molar-refractivity contribution in [1.82, 2.24) is 5.32 Å². The zero-order chi connectivity index (χ0) is 18.1. The third kappa shape index (κ3) is 5.89. The maximum absolute atomic E-state index is 13.5. The van der Waals surface area contributed by atoms with Gasteiger partial charge in [-0.2, -0.15) is 0 Å². The van der Waals surface area contributed by atoms with Crippen LogP contribution in [0.5, 0.6) is 5.75 Å². The van der Waals surface area contributed by atoms with Gasteiger partial charge in [-0.05, 0) is 56.1 Å². The summed E-state index contributed by atoms with van der Waals surface area (Å²) in [6.07, 6.45) is 7.31. The SMILES string of the molecule is N=C/C(=C\N)C(=O)NCC1CCC(CCOc2ccccc2F)CC1. The molecule has 0 aromatic heterocycles. The number of ether oxygens (including phenoxy) is 1. The number of nitrogens with two attached hydrogens (primary N) is 1. The molecule has 1 aliphatic carbocycles. The largest absolute Gasteiger partial charge is 0.491 e. The molecular weight excluding hydrogens is 321 g/mol. The highest BCUT2D eigenvalue weighted by molar-refractivity contribution is 6.11. The van der Waals surface area contributed by atoms with Crippen molar-refractivity contribution in [2.45, 2.75) is 32.1 Å². The summed E-state index contributed by atoms with van der Waals surface area (Å²) < 4.78 is 19.0. The lowest BCUT2D eigenvalue weighted by Crippen LogP contribution is -2.33. The molecule has 6 heteroatoms. The van der Waals surface area contributed by atoms with Crippen LogP contribution in [0, 0.1) is 23.1 Å². The smallest absolute Gasteiger partial charge is 0.254 e. The molecule has 1 aromatic carbocycles. The molecule has 0 heterocycles. The molecule has 1 fully saturated rings. The van der Waals surface area contributed by atoms with Crippen LogP contribution >= 0.6 is 0 Å². The van der Waals surface area contributed by atoms with E-state index in [4.69, 9.17) is 15.9 Å². The summed E-state index contributed by atoms with van der Waals surface area (Å²) in [5, 5.41) is 9.95. The van der Waals surface area contributed by atoms with E-state index in [0.29, 0.717) is 30.7 Å². The number of halogens is 1. The molecule has 0 aliphatic heterocycles. The van der Waals surface area contributed by atoms with Gasteiger partial charge in [-0.15, -0.1) is 0 Å². The van der Waals surface area contributed by atoms with E-state index in [2.05, 4.69) is 5.32 Å². The van der Waals surface area contributed by atoms with E-state index in [0.717, 1.165) is 44.5 Å². The number of carbonyl (C=O) groups is 1. The van der Waals surface area contributed by atoms with E-state index in [1.54, 1.807) is 18.2 Å². The second kappa shape index (κ2) is 9.81. The summed E-state index contributed by atoms with van der Waals surface area (Å²) >= 11 is 0. The van der Waals surface area contributed by atoms with Crippen LogP contribution in [0.15, 0.2) is 36.0 Å². The molecule has 136 valence electrons. The second-order valence-electron chi connectivity index (χ2n) is 6.43. The van der Waals surface area contributed by atoms with Gasteiger partial charge in [0.05, 0.1) is 12.2 Å². The van der Waals surface area contributed by atoms with Crippen LogP contribution in [-0.4, -0.2) is 25.3 Å². The molecule has 1 amide bonds. The molecule has 0 atom stereocenters. The van der Waals surface area contributed by atoms with Gasteiger partial charge in [-0.1, -0.05) is 12.1 Å². The number of carbonyl (C=O) groups excluding carboxylic acids is 1. The summed E-state index contributed by atoms with van der Waals surface area (Å²) in [5.74, 6) is 0.738. The topological polar surface area (TPSA) is 88.2 Å². The first-order valence-electron chi connectivity index (χ1n) is 8.72. The van der Waals surface area contributed by atoms with E-state index in [-0.39, 0.29) is 17.3 Å². The van der Waals surface area contributed by atoms with Crippen molar-refractivity contribution in [3.8, 4) is 5.75 Å². The maximum atomic E-state index is 13.5. The Balaban J connectivity index is 1.64. The molecule has 0 spiro atoms. The predicted molar refractivity (Wildman–Crippen MR) is 96.0 cm³/mol. The maximum Gasteiger partial charge on any atom is 0.254 e. The minimum absolute atomic E-state index is 0.180. The van der Waals surface area contributed by atoms with Crippen LogP contribution in [0.25, 0.3) is 0 Å². The molecule has 1 aromatic rings. The number of hydrogen-bond donors (Lipinski definition) is 3. The van der Waals surface area contributed by atoms with Gasteiger partial charge in [0.1, 0.15) is 0 Å². The Bertz CT molecular complexity index is 610. The first kappa shape index (κ1) is 19.0. The Morgan fingerprint density at radius 1 is 1.28 bits per heavy atom. The van der Waals surface area contributed by atoms with Crippen molar-refractivity contribution in [2.24, 2.45) is 17.6 Å². The van der Waals surface area contributed by atoms with Gasteiger partial charge in [-0.3, -0.25) is 4.79 Å². The fourth-order valence-electron chi connectivity index (χ4n) is 3.15. The standard InChI is InChI=1S/C19H26FN3O2/c20-17-3-1-2-4-18(17)25-10-9-14-5-7-15(8-6-14)13-23-19(24)16(11-21)12-22/h1-4,11-12,14-15,21H,5-10,13,22H2,(H,23,24)/b16-12+,21-11?. The molecule has 0 bridgehead atoms. The van der Waals surface area contributed by atoms with E-state index in [1.165, 1.54) is 6.07 Å². The quantitative estimate of drug-likeness (QED) is 0.499. The molecule has 4 N–H and O–H groups in total. The van der Waals surface area contributed by atoms with Gasteiger partial charge in [0, 0.05) is 19.0 Å². The molecule has 1 saturated carbocycles. The first-order valence-corrected chi connectivity index (χ1v) is 8.72. The minimum Gasteiger partial charge on any atom is -0.491 e. The molecule has 0 saturated heterocycles. The van der Waals surface area contributed by atoms with Gasteiger partial charge in [0.2, 0.25) is 0 Å². The number of amides is 1. The van der Waals surface area contributed by atoms with Crippen LogP contribution in [-0.2, 0) is 4.79 Å². The number of benzene rings is 1. The summed E-state index contributed by atoms with van der Waals surface area (Å²) in [4.78, 5) is 11.8. The molecule has 0 unspecified atom stereocenters. The lowest BCUT2D eigenvalue weighted by Gasteiger charge is -2.28. The second-order valence-corrected chi connectivity index (χ2v) is 6.43. The lowest BCUT2D eigenvalue weighted by molar-refractivity contribution is -0.117.